The van der Waals surface area contributed by atoms with Gasteiger partial charge in [0.25, 0.3) is 0 Å². The summed E-state index contributed by atoms with van der Waals surface area (Å²) in [5.41, 5.74) is -0.229. The lowest BCUT2D eigenvalue weighted by Crippen LogP contribution is -2.28. The van der Waals surface area contributed by atoms with Gasteiger partial charge in [-0.25, -0.2) is 9.97 Å². The normalized spacial score (nSPS) is 12.6. The second-order valence-electron chi connectivity index (χ2n) is 5.45. The highest BCUT2D eigenvalue weighted by Gasteiger charge is 2.28. The lowest BCUT2D eigenvalue weighted by atomic mass is 10.2. The maximum atomic E-state index is 11.5. The number of nitro groups is 1. The highest BCUT2D eigenvalue weighted by molar-refractivity contribution is 5.70. The minimum absolute atomic E-state index is 0.151. The van der Waals surface area contributed by atoms with Gasteiger partial charge in [-0.1, -0.05) is 0 Å². The van der Waals surface area contributed by atoms with Gasteiger partial charge in [0, 0.05) is 27.2 Å². The topological polar surface area (TPSA) is 123 Å². The molecule has 2 atom stereocenters. The molecule has 0 saturated carbocycles. The van der Waals surface area contributed by atoms with Crippen molar-refractivity contribution in [2.45, 2.75) is 13.8 Å². The molecule has 1 heterocycles. The van der Waals surface area contributed by atoms with Crippen molar-refractivity contribution in [2.75, 3.05) is 37.0 Å². The van der Waals surface area contributed by atoms with E-state index in [4.69, 9.17) is 10.5 Å². The zero-order chi connectivity index (χ0) is 17.6. The standard InChI is InChI=1S/C14H19N7O2/c1-10(5-15)7-19(3)13-12(21(22)23)14(18-9-17-13)20(4)8-11(2)6-16/h9-11H,7-8H2,1-4H3. The Kier molecular flexibility index (Phi) is 6.22. The molecule has 9 nitrogen and oxygen atoms in total. The summed E-state index contributed by atoms with van der Waals surface area (Å²) in [4.78, 5) is 22.1. The molecule has 122 valence electrons. The van der Waals surface area contributed by atoms with Gasteiger partial charge in [-0.15, -0.1) is 0 Å². The molecule has 0 bridgehead atoms. The Bertz CT molecular complexity index is 603. The highest BCUT2D eigenvalue weighted by atomic mass is 16.6. The summed E-state index contributed by atoms with van der Waals surface area (Å²) >= 11 is 0. The Hall–Kier alpha value is -2.94. The van der Waals surface area contributed by atoms with Gasteiger partial charge in [0.15, 0.2) is 0 Å². The predicted molar refractivity (Wildman–Crippen MR) is 84.8 cm³/mol. The number of rotatable bonds is 7. The first-order chi connectivity index (χ1) is 10.8. The van der Waals surface area contributed by atoms with Crippen LogP contribution < -0.4 is 9.80 Å². The lowest BCUT2D eigenvalue weighted by Gasteiger charge is -2.23. The summed E-state index contributed by atoms with van der Waals surface area (Å²) in [7, 11) is 3.29. The van der Waals surface area contributed by atoms with E-state index in [-0.39, 0.29) is 29.2 Å². The van der Waals surface area contributed by atoms with Crippen molar-refractivity contribution in [3.63, 3.8) is 0 Å². The Morgan fingerprint density at radius 2 is 1.52 bits per heavy atom. The van der Waals surface area contributed by atoms with Gasteiger partial charge in [0.1, 0.15) is 6.33 Å². The number of hydrogen-bond donors (Lipinski definition) is 0. The van der Waals surface area contributed by atoms with Crippen LogP contribution in [0, 0.1) is 44.6 Å². The van der Waals surface area contributed by atoms with Gasteiger partial charge < -0.3 is 9.80 Å². The van der Waals surface area contributed by atoms with E-state index < -0.39 is 4.92 Å². The van der Waals surface area contributed by atoms with Crippen molar-refractivity contribution in [3.05, 3.63) is 16.4 Å². The summed E-state index contributed by atoms with van der Waals surface area (Å²) < 4.78 is 0. The SMILES string of the molecule is CC(C#N)CN(C)c1ncnc(N(C)CC(C)C#N)c1[N+](=O)[O-]. The van der Waals surface area contributed by atoms with Gasteiger partial charge in [-0.3, -0.25) is 10.1 Å². The molecule has 0 fully saturated rings. The molecule has 0 aliphatic heterocycles. The molecule has 1 aromatic heterocycles. The fourth-order valence-corrected chi connectivity index (χ4v) is 2.16. The van der Waals surface area contributed by atoms with E-state index >= 15 is 0 Å². The molecule has 0 saturated heterocycles. The molecule has 0 aliphatic rings. The van der Waals surface area contributed by atoms with E-state index in [0.29, 0.717) is 13.1 Å². The van der Waals surface area contributed by atoms with Crippen LogP contribution in [0.4, 0.5) is 17.3 Å². The Morgan fingerprint density at radius 3 is 1.83 bits per heavy atom. The van der Waals surface area contributed by atoms with Crippen LogP contribution in [-0.2, 0) is 0 Å². The van der Waals surface area contributed by atoms with E-state index in [0.717, 1.165) is 0 Å². The van der Waals surface area contributed by atoms with Gasteiger partial charge in [0.05, 0.1) is 28.9 Å². The summed E-state index contributed by atoms with van der Waals surface area (Å²) in [5, 5.41) is 29.3. The third-order valence-electron chi connectivity index (χ3n) is 3.23. The zero-order valence-corrected chi connectivity index (χ0v) is 13.6. The quantitative estimate of drug-likeness (QED) is 0.548. The number of aromatic nitrogens is 2. The number of anilines is 2. The van der Waals surface area contributed by atoms with E-state index in [2.05, 4.69) is 22.1 Å². The maximum Gasteiger partial charge on any atom is 0.353 e. The smallest absolute Gasteiger partial charge is 0.352 e. The van der Waals surface area contributed by atoms with Crippen molar-refractivity contribution >= 4 is 17.3 Å². The van der Waals surface area contributed by atoms with Crippen LogP contribution >= 0.6 is 0 Å². The molecule has 9 heteroatoms. The minimum atomic E-state index is -0.536. The second kappa shape index (κ2) is 7.90. The molecular weight excluding hydrogens is 298 g/mol. The van der Waals surface area contributed by atoms with Crippen molar-refractivity contribution in [2.24, 2.45) is 11.8 Å². The molecule has 0 amide bonds. The van der Waals surface area contributed by atoms with Gasteiger partial charge >= 0.3 is 5.69 Å². The number of nitriles is 2. The summed E-state index contributed by atoms with van der Waals surface area (Å²) in [6, 6.07) is 4.17. The monoisotopic (exact) mass is 317 g/mol. The van der Waals surface area contributed by atoms with Crippen LogP contribution in [0.15, 0.2) is 6.33 Å². The average Bonchev–Trinajstić information content (AvgIpc) is 2.53. The third-order valence-corrected chi connectivity index (χ3v) is 3.23. The third kappa shape index (κ3) is 4.51. The first kappa shape index (κ1) is 18.1. The fourth-order valence-electron chi connectivity index (χ4n) is 2.16. The number of nitrogens with zero attached hydrogens (tertiary/aromatic N) is 7. The molecule has 2 unspecified atom stereocenters. The molecule has 23 heavy (non-hydrogen) atoms. The molecule has 1 aromatic rings. The van der Waals surface area contributed by atoms with Crippen molar-refractivity contribution in [3.8, 4) is 12.1 Å². The largest absolute Gasteiger partial charge is 0.353 e. The van der Waals surface area contributed by atoms with Gasteiger partial charge in [-0.2, -0.15) is 10.5 Å². The van der Waals surface area contributed by atoms with Crippen LogP contribution in [0.2, 0.25) is 0 Å². The molecular formula is C14H19N7O2. The molecule has 0 radical (unpaired) electrons. The minimum Gasteiger partial charge on any atom is -0.352 e. The van der Waals surface area contributed by atoms with E-state index in [1.807, 2.05) is 0 Å². The molecule has 0 aromatic carbocycles. The molecule has 0 N–H and O–H groups in total. The van der Waals surface area contributed by atoms with Gasteiger partial charge in [-0.05, 0) is 13.8 Å². The van der Waals surface area contributed by atoms with Crippen molar-refractivity contribution < 1.29 is 4.92 Å². The van der Waals surface area contributed by atoms with Crippen molar-refractivity contribution in [1.29, 1.82) is 10.5 Å². The summed E-state index contributed by atoms with van der Waals surface area (Å²) in [6.45, 7) is 4.08. The molecule has 0 spiro atoms. The van der Waals surface area contributed by atoms with Crippen LogP contribution in [0.25, 0.3) is 0 Å². The molecule has 1 rings (SSSR count). The predicted octanol–water partition coefficient (Wildman–Crippen LogP) is 1.58. The van der Waals surface area contributed by atoms with Gasteiger partial charge in [0.2, 0.25) is 11.6 Å². The summed E-state index contributed by atoms with van der Waals surface area (Å²) in [5.74, 6) is -0.291. The van der Waals surface area contributed by atoms with Crippen LogP contribution in [-0.4, -0.2) is 42.1 Å². The first-order valence-electron chi connectivity index (χ1n) is 7.02. The Morgan fingerprint density at radius 1 is 1.13 bits per heavy atom. The summed E-state index contributed by atoms with van der Waals surface area (Å²) in [6.07, 6.45) is 1.25. The van der Waals surface area contributed by atoms with Crippen LogP contribution in [0.1, 0.15) is 13.8 Å². The van der Waals surface area contributed by atoms with E-state index in [1.54, 1.807) is 37.7 Å². The fraction of sp³-hybridized carbons (Fsp3) is 0.571. The molecule has 0 aliphatic carbocycles. The van der Waals surface area contributed by atoms with E-state index in [1.165, 1.54) is 6.33 Å². The maximum absolute atomic E-state index is 11.5. The Balaban J connectivity index is 3.24. The zero-order valence-electron chi connectivity index (χ0n) is 13.6. The Labute approximate surface area is 134 Å². The second-order valence-corrected chi connectivity index (χ2v) is 5.45. The van der Waals surface area contributed by atoms with Crippen LogP contribution in [0.5, 0.6) is 0 Å². The van der Waals surface area contributed by atoms with Crippen molar-refractivity contribution in [1.82, 2.24) is 9.97 Å². The lowest BCUT2D eigenvalue weighted by molar-refractivity contribution is -0.383. The van der Waals surface area contributed by atoms with E-state index in [9.17, 15) is 10.1 Å². The number of hydrogen-bond acceptors (Lipinski definition) is 8. The average molecular weight is 317 g/mol. The first-order valence-corrected chi connectivity index (χ1v) is 7.02. The van der Waals surface area contributed by atoms with Crippen LogP contribution in [0.3, 0.4) is 0 Å². The highest BCUT2D eigenvalue weighted by Crippen LogP contribution is 2.33.